The summed E-state index contributed by atoms with van der Waals surface area (Å²) in [6.45, 7) is 4.37. The second kappa shape index (κ2) is 9.28. The number of hydrogen-bond acceptors (Lipinski definition) is 7. The highest BCUT2D eigenvalue weighted by Gasteiger charge is 2.22. The molecule has 0 atom stereocenters. The molecule has 0 aliphatic rings. The number of aromatic amines is 1. The van der Waals surface area contributed by atoms with Crippen LogP contribution in [0.2, 0.25) is 0 Å². The van der Waals surface area contributed by atoms with E-state index in [-0.39, 0.29) is 24.7 Å². The number of nitrogen functional groups attached to an aromatic ring is 1. The highest BCUT2D eigenvalue weighted by Crippen LogP contribution is 2.18. The lowest BCUT2D eigenvalue weighted by Gasteiger charge is -2.23. The highest BCUT2D eigenvalue weighted by molar-refractivity contribution is 7.09. The number of methoxy groups -OCH3 is 1. The van der Waals surface area contributed by atoms with Gasteiger partial charge in [0, 0.05) is 31.7 Å². The monoisotopic (exact) mass is 393 g/mol. The standard InChI is InChI=1S/C17H23N5O4S/c1-4-7-22-15(18)14(16(24)20-17(22)25)21(8-9-26-3)13(23)6-5-12-10-27-11(2)19-12/h5-6,10H,4,7-9,18H2,1-3H3,(H,20,24,25)/b6-5-. The molecule has 2 aromatic heterocycles. The molecule has 3 N–H and O–H groups in total. The molecule has 0 aromatic carbocycles. The summed E-state index contributed by atoms with van der Waals surface area (Å²) < 4.78 is 6.29. The van der Waals surface area contributed by atoms with Crippen LogP contribution in [0.15, 0.2) is 21.0 Å². The van der Waals surface area contributed by atoms with Crippen molar-refractivity contribution in [2.75, 3.05) is 30.9 Å². The molecular weight excluding hydrogens is 370 g/mol. The van der Waals surface area contributed by atoms with Crippen molar-refractivity contribution < 1.29 is 9.53 Å². The molecule has 2 rings (SSSR count). The number of anilines is 2. The Balaban J connectivity index is 2.45. The first-order chi connectivity index (χ1) is 12.9. The lowest BCUT2D eigenvalue weighted by atomic mass is 10.3. The minimum atomic E-state index is -0.716. The first kappa shape index (κ1) is 20.6. The minimum Gasteiger partial charge on any atom is -0.383 e. The average Bonchev–Trinajstić information content (AvgIpc) is 3.04. The van der Waals surface area contributed by atoms with Crippen LogP contribution in [-0.4, -0.2) is 40.7 Å². The van der Waals surface area contributed by atoms with Crippen LogP contribution in [0.3, 0.4) is 0 Å². The third kappa shape index (κ3) is 4.92. The molecule has 1 amide bonds. The fraction of sp³-hybridized carbons (Fsp3) is 0.412. The average molecular weight is 393 g/mol. The van der Waals surface area contributed by atoms with Gasteiger partial charge in [0.15, 0.2) is 5.69 Å². The summed E-state index contributed by atoms with van der Waals surface area (Å²) in [5, 5.41) is 2.70. The largest absolute Gasteiger partial charge is 0.383 e. The molecule has 0 aliphatic carbocycles. The molecule has 0 spiro atoms. The molecule has 10 heteroatoms. The van der Waals surface area contributed by atoms with E-state index in [1.165, 1.54) is 34.0 Å². The number of nitrogens with two attached hydrogens (primary N) is 1. The number of carbonyl (C=O) groups is 1. The molecule has 2 aromatic rings. The maximum absolute atomic E-state index is 12.8. The van der Waals surface area contributed by atoms with Gasteiger partial charge in [-0.05, 0) is 19.4 Å². The number of aryl methyl sites for hydroxylation is 1. The van der Waals surface area contributed by atoms with Gasteiger partial charge in [0.1, 0.15) is 5.82 Å². The van der Waals surface area contributed by atoms with Crippen LogP contribution < -0.4 is 21.9 Å². The normalized spacial score (nSPS) is 11.2. The van der Waals surface area contributed by atoms with Crippen molar-refractivity contribution in [2.24, 2.45) is 0 Å². The lowest BCUT2D eigenvalue weighted by molar-refractivity contribution is -0.114. The Morgan fingerprint density at radius 2 is 2.22 bits per heavy atom. The Morgan fingerprint density at radius 3 is 2.81 bits per heavy atom. The highest BCUT2D eigenvalue weighted by atomic mass is 32.1. The van der Waals surface area contributed by atoms with Crippen LogP contribution in [0.25, 0.3) is 6.08 Å². The summed E-state index contributed by atoms with van der Waals surface area (Å²) in [5.74, 6) is -0.510. The molecule has 27 heavy (non-hydrogen) atoms. The van der Waals surface area contributed by atoms with Crippen molar-refractivity contribution in [3.8, 4) is 0 Å². The second-order valence-electron chi connectivity index (χ2n) is 5.75. The Bertz CT molecular complexity index is 944. The Kier molecular flexibility index (Phi) is 7.08. The van der Waals surface area contributed by atoms with Gasteiger partial charge in [-0.15, -0.1) is 11.3 Å². The van der Waals surface area contributed by atoms with Gasteiger partial charge in [-0.3, -0.25) is 24.0 Å². The van der Waals surface area contributed by atoms with Crippen LogP contribution in [0.5, 0.6) is 0 Å². The predicted octanol–water partition coefficient (Wildman–Crippen LogP) is 0.987. The summed E-state index contributed by atoms with van der Waals surface area (Å²) in [4.78, 5) is 44.8. The van der Waals surface area contributed by atoms with E-state index in [4.69, 9.17) is 10.5 Å². The van der Waals surface area contributed by atoms with Gasteiger partial charge >= 0.3 is 5.69 Å². The molecule has 0 saturated carbocycles. The topological polar surface area (TPSA) is 123 Å². The maximum Gasteiger partial charge on any atom is 0.330 e. The van der Waals surface area contributed by atoms with Crippen molar-refractivity contribution in [2.45, 2.75) is 26.8 Å². The Morgan fingerprint density at radius 1 is 1.48 bits per heavy atom. The third-order valence-corrected chi connectivity index (χ3v) is 4.54. The van der Waals surface area contributed by atoms with Gasteiger partial charge < -0.3 is 10.5 Å². The van der Waals surface area contributed by atoms with E-state index in [1.54, 1.807) is 6.08 Å². The number of rotatable bonds is 8. The fourth-order valence-electron chi connectivity index (χ4n) is 2.50. The summed E-state index contributed by atoms with van der Waals surface area (Å²) in [6.07, 6.45) is 3.53. The van der Waals surface area contributed by atoms with Gasteiger partial charge in [0.05, 0.1) is 17.3 Å². The van der Waals surface area contributed by atoms with Crippen LogP contribution in [-0.2, 0) is 16.1 Å². The Labute approximate surface area is 160 Å². The number of nitrogens with zero attached hydrogens (tertiary/aromatic N) is 3. The lowest BCUT2D eigenvalue weighted by Crippen LogP contribution is -2.42. The van der Waals surface area contributed by atoms with Crippen molar-refractivity contribution >= 4 is 34.8 Å². The number of H-pyrrole nitrogens is 1. The van der Waals surface area contributed by atoms with E-state index in [9.17, 15) is 14.4 Å². The number of thiazole rings is 1. The smallest absolute Gasteiger partial charge is 0.330 e. The molecule has 0 unspecified atom stereocenters. The van der Waals surface area contributed by atoms with E-state index in [0.717, 1.165) is 5.01 Å². The molecule has 9 nitrogen and oxygen atoms in total. The zero-order chi connectivity index (χ0) is 20.0. The van der Waals surface area contributed by atoms with Crippen molar-refractivity contribution in [3.63, 3.8) is 0 Å². The van der Waals surface area contributed by atoms with Crippen LogP contribution in [0.1, 0.15) is 24.0 Å². The van der Waals surface area contributed by atoms with Crippen LogP contribution >= 0.6 is 11.3 Å². The molecular formula is C17H23N5O4S. The zero-order valence-electron chi connectivity index (χ0n) is 15.5. The number of amides is 1. The predicted molar refractivity (Wildman–Crippen MR) is 106 cm³/mol. The maximum atomic E-state index is 12.8. The number of ether oxygens (including phenoxy) is 1. The summed E-state index contributed by atoms with van der Waals surface area (Å²) >= 11 is 1.47. The first-order valence-corrected chi connectivity index (χ1v) is 9.30. The van der Waals surface area contributed by atoms with E-state index >= 15 is 0 Å². The molecule has 0 aliphatic heterocycles. The quantitative estimate of drug-likeness (QED) is 0.645. The van der Waals surface area contributed by atoms with Gasteiger partial charge in [-0.2, -0.15) is 0 Å². The molecule has 146 valence electrons. The van der Waals surface area contributed by atoms with E-state index in [0.29, 0.717) is 18.7 Å². The molecule has 2 heterocycles. The van der Waals surface area contributed by atoms with Gasteiger partial charge in [0.25, 0.3) is 11.5 Å². The molecule has 0 fully saturated rings. The van der Waals surface area contributed by atoms with Crippen molar-refractivity contribution in [1.82, 2.24) is 14.5 Å². The van der Waals surface area contributed by atoms with Gasteiger partial charge in [0.2, 0.25) is 0 Å². The van der Waals surface area contributed by atoms with E-state index in [1.807, 2.05) is 19.2 Å². The van der Waals surface area contributed by atoms with E-state index < -0.39 is 17.2 Å². The third-order valence-electron chi connectivity index (χ3n) is 3.75. The molecule has 0 saturated heterocycles. The van der Waals surface area contributed by atoms with Crippen LogP contribution in [0, 0.1) is 6.92 Å². The Hall–Kier alpha value is -2.72. The number of aromatic nitrogens is 3. The van der Waals surface area contributed by atoms with Crippen LogP contribution in [0.4, 0.5) is 11.5 Å². The first-order valence-electron chi connectivity index (χ1n) is 8.42. The zero-order valence-corrected chi connectivity index (χ0v) is 16.3. The summed E-state index contributed by atoms with van der Waals surface area (Å²) in [7, 11) is 1.49. The van der Waals surface area contributed by atoms with Crippen molar-refractivity contribution in [1.29, 1.82) is 0 Å². The summed E-state index contributed by atoms with van der Waals surface area (Å²) in [5.41, 5.74) is 5.33. The van der Waals surface area contributed by atoms with Gasteiger partial charge in [-0.25, -0.2) is 9.78 Å². The van der Waals surface area contributed by atoms with Gasteiger partial charge in [-0.1, -0.05) is 6.92 Å². The van der Waals surface area contributed by atoms with E-state index in [2.05, 4.69) is 9.97 Å². The minimum absolute atomic E-state index is 0.0482. The number of nitrogens with one attached hydrogen (secondary N) is 1. The molecule has 0 bridgehead atoms. The SMILES string of the molecule is CCCn1c(N)c(N(CCOC)C(=O)/C=C\c2csc(C)n2)c(=O)[nH]c1=O. The second-order valence-corrected chi connectivity index (χ2v) is 6.81. The fourth-order valence-corrected chi connectivity index (χ4v) is 3.08. The number of hydrogen-bond donors (Lipinski definition) is 2. The van der Waals surface area contributed by atoms with Crippen molar-refractivity contribution in [3.05, 3.63) is 43.0 Å². The molecule has 0 radical (unpaired) electrons. The number of carbonyl (C=O) groups excluding carboxylic acids is 1. The summed E-state index contributed by atoms with van der Waals surface area (Å²) in [6, 6.07) is 0.